The Balaban J connectivity index is 1.37. The van der Waals surface area contributed by atoms with Crippen molar-refractivity contribution in [3.05, 3.63) is 18.2 Å². The lowest BCUT2D eigenvalue weighted by Gasteiger charge is -2.27. The Kier molecular flexibility index (Phi) is 5.80. The summed E-state index contributed by atoms with van der Waals surface area (Å²) in [6.45, 7) is 3.34. The third-order valence-electron chi connectivity index (χ3n) is 5.93. The monoisotopic (exact) mass is 417 g/mol. The highest BCUT2D eigenvalue weighted by atomic mass is 16.6. The molecule has 0 aromatic heterocycles. The highest BCUT2D eigenvalue weighted by molar-refractivity contribution is 6.01. The number of hydrogen-bond donors (Lipinski definition) is 2. The van der Waals surface area contributed by atoms with Gasteiger partial charge in [0.25, 0.3) is 0 Å². The minimum Gasteiger partial charge on any atom is -0.486 e. The number of ether oxygens (including phenoxy) is 2. The lowest BCUT2D eigenvalue weighted by Crippen LogP contribution is -2.50. The number of carbonyl (C=O) groups is 3. The van der Waals surface area contributed by atoms with Crippen molar-refractivity contribution in [3.63, 3.8) is 0 Å². The van der Waals surface area contributed by atoms with Crippen LogP contribution in [0.5, 0.6) is 11.5 Å². The van der Waals surface area contributed by atoms with E-state index in [0.29, 0.717) is 36.9 Å². The highest BCUT2D eigenvalue weighted by Crippen LogP contribution is 2.36. The Hall–Kier alpha value is -2.81. The van der Waals surface area contributed by atoms with Crippen molar-refractivity contribution < 1.29 is 29.0 Å². The van der Waals surface area contributed by atoms with Gasteiger partial charge < -0.3 is 29.7 Å². The van der Waals surface area contributed by atoms with Crippen LogP contribution in [0.15, 0.2) is 18.2 Å². The van der Waals surface area contributed by atoms with E-state index in [-0.39, 0.29) is 43.3 Å². The Morgan fingerprint density at radius 1 is 1.27 bits per heavy atom. The third kappa shape index (κ3) is 3.94. The first-order valence-electron chi connectivity index (χ1n) is 10.4. The molecule has 2 N–H and O–H groups in total. The van der Waals surface area contributed by atoms with E-state index in [0.717, 1.165) is 12.8 Å². The van der Waals surface area contributed by atoms with Crippen molar-refractivity contribution in [2.45, 2.75) is 38.3 Å². The summed E-state index contributed by atoms with van der Waals surface area (Å²) in [6.07, 6.45) is 1.70. The number of anilines is 1. The Bertz CT molecular complexity index is 844. The van der Waals surface area contributed by atoms with Crippen molar-refractivity contribution in [1.29, 1.82) is 0 Å². The number of carbonyl (C=O) groups excluding carboxylic acids is 3. The number of nitrogens with zero attached hydrogens (tertiary/aromatic N) is 2. The molecule has 2 saturated heterocycles. The third-order valence-corrected chi connectivity index (χ3v) is 5.93. The molecule has 0 radical (unpaired) electrons. The molecule has 0 aliphatic carbocycles. The summed E-state index contributed by atoms with van der Waals surface area (Å²) in [5.41, 5.74) is 0.659. The van der Waals surface area contributed by atoms with Gasteiger partial charge in [0, 0.05) is 31.3 Å². The molecule has 0 spiro atoms. The fourth-order valence-corrected chi connectivity index (χ4v) is 4.29. The molecule has 9 heteroatoms. The summed E-state index contributed by atoms with van der Waals surface area (Å²) < 4.78 is 11.1. The van der Waals surface area contributed by atoms with Gasteiger partial charge in [0.15, 0.2) is 11.5 Å². The van der Waals surface area contributed by atoms with Gasteiger partial charge in [-0.2, -0.15) is 0 Å². The summed E-state index contributed by atoms with van der Waals surface area (Å²) in [5.74, 6) is 0.0276. The van der Waals surface area contributed by atoms with Crippen LogP contribution in [0.4, 0.5) is 5.69 Å². The maximum absolute atomic E-state index is 12.7. The van der Waals surface area contributed by atoms with E-state index in [4.69, 9.17) is 9.47 Å². The number of hydrogen-bond acceptors (Lipinski definition) is 6. The van der Waals surface area contributed by atoms with Gasteiger partial charge in [-0.1, -0.05) is 0 Å². The van der Waals surface area contributed by atoms with Crippen molar-refractivity contribution >= 4 is 23.4 Å². The van der Waals surface area contributed by atoms with Gasteiger partial charge in [0.2, 0.25) is 17.7 Å². The first kappa shape index (κ1) is 20.5. The molecule has 3 amide bonds. The highest BCUT2D eigenvalue weighted by Gasteiger charge is 2.38. The zero-order chi connectivity index (χ0) is 21.3. The number of aliphatic hydroxyl groups is 1. The number of nitrogens with one attached hydrogen (secondary N) is 1. The molecule has 1 aromatic carbocycles. The van der Waals surface area contributed by atoms with E-state index < -0.39 is 12.0 Å². The summed E-state index contributed by atoms with van der Waals surface area (Å²) in [7, 11) is 0. The number of fused-ring (bicyclic) bond motifs is 1. The lowest BCUT2D eigenvalue weighted by atomic mass is 10.1. The first-order chi connectivity index (χ1) is 14.5. The molecule has 0 bridgehead atoms. The van der Waals surface area contributed by atoms with Crippen LogP contribution in [0, 0.1) is 5.92 Å². The van der Waals surface area contributed by atoms with Gasteiger partial charge in [-0.05, 0) is 31.9 Å². The quantitative estimate of drug-likeness (QED) is 0.713. The smallest absolute Gasteiger partial charge is 0.245 e. The number of likely N-dealkylation sites (tertiary alicyclic amines) is 1. The molecule has 3 aliphatic heterocycles. The van der Waals surface area contributed by atoms with E-state index in [2.05, 4.69) is 5.32 Å². The number of aliphatic hydroxyl groups excluding tert-OH is 1. The van der Waals surface area contributed by atoms with Gasteiger partial charge in [0.05, 0.1) is 18.6 Å². The lowest BCUT2D eigenvalue weighted by molar-refractivity contribution is -0.138. The van der Waals surface area contributed by atoms with Crippen LogP contribution in [-0.4, -0.2) is 72.7 Å². The molecule has 30 heavy (non-hydrogen) atoms. The molecule has 3 atom stereocenters. The van der Waals surface area contributed by atoms with Gasteiger partial charge in [-0.3, -0.25) is 14.4 Å². The topological polar surface area (TPSA) is 108 Å². The van der Waals surface area contributed by atoms with Crippen LogP contribution in [0.1, 0.15) is 26.2 Å². The van der Waals surface area contributed by atoms with Crippen molar-refractivity contribution in [3.8, 4) is 11.5 Å². The van der Waals surface area contributed by atoms with E-state index in [1.807, 2.05) is 0 Å². The molecule has 162 valence electrons. The molecule has 9 nitrogen and oxygen atoms in total. The maximum atomic E-state index is 12.7. The standard InChI is InChI=1S/C21H27N3O6/c1-13(21(28)23-6-2-3-16(23)12-25)22-20(27)14-9-19(26)24(11-14)15-4-5-17-18(10-15)30-8-7-29-17/h4-5,10,13-14,16,25H,2-3,6-9,11-12H2,1H3,(H,22,27). The SMILES string of the molecule is CC(NC(=O)C1CC(=O)N(c2ccc3c(c2)OCCO3)C1)C(=O)N1CCCC1CO. The average molecular weight is 417 g/mol. The zero-order valence-electron chi connectivity index (χ0n) is 17.0. The number of benzene rings is 1. The van der Waals surface area contributed by atoms with Gasteiger partial charge in [0.1, 0.15) is 19.3 Å². The summed E-state index contributed by atoms with van der Waals surface area (Å²) in [4.78, 5) is 41.1. The van der Waals surface area contributed by atoms with Gasteiger partial charge in [-0.15, -0.1) is 0 Å². The molecule has 1 aromatic rings. The van der Waals surface area contributed by atoms with Crippen molar-refractivity contribution in [2.75, 3.05) is 37.8 Å². The number of rotatable bonds is 5. The summed E-state index contributed by atoms with van der Waals surface area (Å²) in [6, 6.07) is 4.40. The Morgan fingerprint density at radius 3 is 2.80 bits per heavy atom. The largest absolute Gasteiger partial charge is 0.486 e. The Labute approximate surface area is 174 Å². The van der Waals surface area contributed by atoms with Crippen LogP contribution in [0.2, 0.25) is 0 Å². The molecule has 4 rings (SSSR count). The summed E-state index contributed by atoms with van der Waals surface area (Å²) >= 11 is 0. The Morgan fingerprint density at radius 2 is 2.03 bits per heavy atom. The molecule has 3 unspecified atom stereocenters. The minimum absolute atomic E-state index is 0.0754. The predicted molar refractivity (Wildman–Crippen MR) is 107 cm³/mol. The average Bonchev–Trinajstić information content (AvgIpc) is 3.39. The minimum atomic E-state index is -0.705. The fraction of sp³-hybridized carbons (Fsp3) is 0.571. The predicted octanol–water partition coefficient (Wildman–Crippen LogP) is 0.299. The molecule has 3 heterocycles. The summed E-state index contributed by atoms with van der Waals surface area (Å²) in [5, 5.41) is 12.2. The molecular formula is C21H27N3O6. The van der Waals surface area contributed by atoms with E-state index in [1.54, 1.807) is 34.9 Å². The second-order valence-electron chi connectivity index (χ2n) is 7.97. The molecule has 3 aliphatic rings. The molecule has 0 saturated carbocycles. The second kappa shape index (κ2) is 8.51. The number of amides is 3. The second-order valence-corrected chi connectivity index (χ2v) is 7.97. The van der Waals surface area contributed by atoms with Crippen LogP contribution in [0.3, 0.4) is 0 Å². The maximum Gasteiger partial charge on any atom is 0.245 e. The van der Waals surface area contributed by atoms with E-state index in [1.165, 1.54) is 0 Å². The van der Waals surface area contributed by atoms with Crippen LogP contribution in [0.25, 0.3) is 0 Å². The van der Waals surface area contributed by atoms with Gasteiger partial charge >= 0.3 is 0 Å². The van der Waals surface area contributed by atoms with E-state index >= 15 is 0 Å². The molecule has 2 fully saturated rings. The molecular weight excluding hydrogens is 390 g/mol. The van der Waals surface area contributed by atoms with Crippen LogP contribution < -0.4 is 19.7 Å². The van der Waals surface area contributed by atoms with Crippen LogP contribution in [-0.2, 0) is 14.4 Å². The van der Waals surface area contributed by atoms with Crippen molar-refractivity contribution in [2.24, 2.45) is 5.92 Å². The van der Waals surface area contributed by atoms with Crippen LogP contribution >= 0.6 is 0 Å². The fourth-order valence-electron chi connectivity index (χ4n) is 4.29. The van der Waals surface area contributed by atoms with Gasteiger partial charge in [-0.25, -0.2) is 0 Å². The van der Waals surface area contributed by atoms with E-state index in [9.17, 15) is 19.5 Å². The zero-order valence-corrected chi connectivity index (χ0v) is 17.0. The van der Waals surface area contributed by atoms with Crippen molar-refractivity contribution in [1.82, 2.24) is 10.2 Å². The first-order valence-corrected chi connectivity index (χ1v) is 10.4. The normalized spacial score (nSPS) is 24.1.